The van der Waals surface area contributed by atoms with Gasteiger partial charge < -0.3 is 14.8 Å². The third-order valence-electron chi connectivity index (χ3n) is 4.57. The molecule has 2 aromatic carbocycles. The van der Waals surface area contributed by atoms with Crippen molar-refractivity contribution in [1.29, 1.82) is 0 Å². The molecule has 3 amide bonds. The molecule has 0 bridgehead atoms. The number of carbonyl (C=O) groups excluding carboxylic acids is 3. The van der Waals surface area contributed by atoms with Crippen molar-refractivity contribution in [3.05, 3.63) is 62.7 Å². The predicted molar refractivity (Wildman–Crippen MR) is 121 cm³/mol. The number of ether oxygens (including phenoxy) is 2. The van der Waals surface area contributed by atoms with E-state index in [1.165, 1.54) is 36.0 Å². The van der Waals surface area contributed by atoms with Crippen LogP contribution in [0, 0.1) is 10.1 Å². The summed E-state index contributed by atoms with van der Waals surface area (Å²) < 4.78 is 10.4. The second-order valence-corrected chi connectivity index (χ2v) is 8.14. The summed E-state index contributed by atoms with van der Waals surface area (Å²) >= 11 is 7.24. The molecule has 3 rings (SSSR count). The Hall–Kier alpha value is -3.51. The van der Waals surface area contributed by atoms with E-state index < -0.39 is 34.4 Å². The topological polar surface area (TPSA) is 149 Å². The first-order valence-corrected chi connectivity index (χ1v) is 11.3. The Balaban J connectivity index is 1.64. The molecule has 1 heterocycles. The number of hydrazine groups is 1. The molecule has 1 aliphatic heterocycles. The number of halogens is 1. The number of nitrogens with one attached hydrogen (secondary N) is 3. The Morgan fingerprint density at radius 2 is 1.79 bits per heavy atom. The highest BCUT2D eigenvalue weighted by Gasteiger charge is 2.24. The van der Waals surface area contributed by atoms with Crippen molar-refractivity contribution in [3.63, 3.8) is 0 Å². The smallest absolute Gasteiger partial charge is 0.288 e. The molecule has 33 heavy (non-hydrogen) atoms. The molecular formula is C20H19ClN4O7S. The number of thioether (sulfide) groups is 1. The summed E-state index contributed by atoms with van der Waals surface area (Å²) in [4.78, 5) is 48.0. The van der Waals surface area contributed by atoms with Crippen LogP contribution in [-0.2, 0) is 4.79 Å². The van der Waals surface area contributed by atoms with Gasteiger partial charge in [0.15, 0.2) is 11.5 Å². The molecule has 0 aromatic heterocycles. The molecule has 0 spiro atoms. The normalized spacial score (nSPS) is 12.5. The summed E-state index contributed by atoms with van der Waals surface area (Å²) in [6.45, 7) is 0.0603. The monoisotopic (exact) mass is 494 g/mol. The van der Waals surface area contributed by atoms with E-state index in [9.17, 15) is 24.5 Å². The number of hydrogen-bond acceptors (Lipinski definition) is 8. The number of rotatable bonds is 8. The van der Waals surface area contributed by atoms with Crippen LogP contribution in [-0.4, -0.2) is 47.5 Å². The Morgan fingerprint density at radius 1 is 1.09 bits per heavy atom. The molecule has 0 radical (unpaired) electrons. The van der Waals surface area contributed by atoms with Gasteiger partial charge in [-0.15, -0.1) is 0 Å². The van der Waals surface area contributed by atoms with Crippen LogP contribution in [0.4, 0.5) is 5.69 Å². The number of fused-ring (bicyclic) bond motifs is 1. The van der Waals surface area contributed by atoms with E-state index in [-0.39, 0.29) is 29.4 Å². The molecule has 0 saturated carbocycles. The quantitative estimate of drug-likeness (QED) is 0.374. The number of carbonyl (C=O) groups is 3. The highest BCUT2D eigenvalue weighted by molar-refractivity contribution is 7.98. The Kier molecular flexibility index (Phi) is 7.96. The largest absolute Gasteiger partial charge is 0.454 e. The van der Waals surface area contributed by atoms with Gasteiger partial charge in [0.1, 0.15) is 11.1 Å². The summed E-state index contributed by atoms with van der Waals surface area (Å²) in [5, 5.41) is 13.5. The van der Waals surface area contributed by atoms with Crippen molar-refractivity contribution in [2.45, 2.75) is 12.5 Å². The Labute approximate surface area is 197 Å². The minimum absolute atomic E-state index is 0.0301. The first-order chi connectivity index (χ1) is 15.8. The zero-order chi connectivity index (χ0) is 24.0. The van der Waals surface area contributed by atoms with E-state index in [2.05, 4.69) is 16.2 Å². The fourth-order valence-electron chi connectivity index (χ4n) is 2.86. The molecule has 13 heteroatoms. The maximum Gasteiger partial charge on any atom is 0.288 e. The van der Waals surface area contributed by atoms with Crippen LogP contribution in [0.5, 0.6) is 11.5 Å². The van der Waals surface area contributed by atoms with Crippen molar-refractivity contribution in [3.8, 4) is 11.5 Å². The lowest BCUT2D eigenvalue weighted by Gasteiger charge is -2.18. The zero-order valence-electron chi connectivity index (χ0n) is 17.3. The molecule has 1 aliphatic rings. The van der Waals surface area contributed by atoms with E-state index >= 15 is 0 Å². The van der Waals surface area contributed by atoms with Gasteiger partial charge in [0.25, 0.3) is 23.4 Å². The molecule has 1 atom stereocenters. The van der Waals surface area contributed by atoms with Gasteiger partial charge in [0, 0.05) is 17.2 Å². The highest BCUT2D eigenvalue weighted by Crippen LogP contribution is 2.32. The van der Waals surface area contributed by atoms with Crippen molar-refractivity contribution >= 4 is 46.8 Å². The molecule has 0 saturated heterocycles. The second kappa shape index (κ2) is 10.9. The molecule has 3 N–H and O–H groups in total. The van der Waals surface area contributed by atoms with Gasteiger partial charge in [-0.25, -0.2) is 0 Å². The predicted octanol–water partition coefficient (Wildman–Crippen LogP) is 2.29. The number of nitro benzene ring substituents is 1. The van der Waals surface area contributed by atoms with Gasteiger partial charge in [-0.3, -0.25) is 35.3 Å². The summed E-state index contributed by atoms with van der Waals surface area (Å²) in [5.41, 5.74) is 4.36. The number of hydrogen-bond donors (Lipinski definition) is 3. The lowest BCUT2D eigenvalue weighted by Crippen LogP contribution is -2.52. The van der Waals surface area contributed by atoms with Crippen molar-refractivity contribution in [2.24, 2.45) is 0 Å². The summed E-state index contributed by atoms with van der Waals surface area (Å²) in [7, 11) is 0. The number of amides is 3. The SMILES string of the molecule is CSCC[C@H](NC(=O)c1ccc(Cl)c([N+](=O)[O-])c1)C(=O)NNC(=O)c1ccc2c(c1)OCO2. The maximum atomic E-state index is 12.6. The standard InChI is InChI=1S/C20H19ClN4O7S/c1-33-7-6-14(22-18(26)11-2-4-13(21)15(8-11)25(29)30)20(28)24-23-19(27)12-3-5-16-17(9-12)32-10-31-16/h2-5,8-9,14H,6-7,10H2,1H3,(H,22,26)(H,23,27)(H,24,28)/t14-/m0/s1. The molecular weight excluding hydrogens is 476 g/mol. The van der Waals surface area contributed by atoms with Crippen LogP contribution >= 0.6 is 23.4 Å². The minimum Gasteiger partial charge on any atom is -0.454 e. The first kappa shape index (κ1) is 24.1. The number of nitrogens with zero attached hydrogens (tertiary/aromatic N) is 1. The fourth-order valence-corrected chi connectivity index (χ4v) is 3.51. The zero-order valence-corrected chi connectivity index (χ0v) is 18.8. The lowest BCUT2D eigenvalue weighted by molar-refractivity contribution is -0.384. The fraction of sp³-hybridized carbons (Fsp3) is 0.250. The van der Waals surface area contributed by atoms with E-state index in [0.717, 1.165) is 6.07 Å². The molecule has 2 aromatic rings. The van der Waals surface area contributed by atoms with Gasteiger partial charge in [-0.2, -0.15) is 11.8 Å². The van der Waals surface area contributed by atoms with E-state index in [1.807, 2.05) is 6.26 Å². The average Bonchev–Trinajstić information content (AvgIpc) is 3.27. The molecule has 11 nitrogen and oxygen atoms in total. The first-order valence-electron chi connectivity index (χ1n) is 9.53. The van der Waals surface area contributed by atoms with Gasteiger partial charge in [-0.1, -0.05) is 11.6 Å². The maximum absolute atomic E-state index is 12.6. The van der Waals surface area contributed by atoms with E-state index in [4.69, 9.17) is 21.1 Å². The van der Waals surface area contributed by atoms with Crippen LogP contribution in [0.15, 0.2) is 36.4 Å². The van der Waals surface area contributed by atoms with Gasteiger partial charge in [0.05, 0.1) is 4.92 Å². The van der Waals surface area contributed by atoms with Crippen molar-refractivity contribution in [1.82, 2.24) is 16.2 Å². The molecule has 0 aliphatic carbocycles. The van der Waals surface area contributed by atoms with Gasteiger partial charge >= 0.3 is 0 Å². The third-order valence-corrected chi connectivity index (χ3v) is 5.54. The summed E-state index contributed by atoms with van der Waals surface area (Å²) in [5.74, 6) is -0.484. The van der Waals surface area contributed by atoms with E-state index in [1.54, 1.807) is 6.07 Å². The summed E-state index contributed by atoms with van der Waals surface area (Å²) in [6, 6.07) is 7.14. The number of benzene rings is 2. The summed E-state index contributed by atoms with van der Waals surface area (Å²) in [6.07, 6.45) is 2.09. The highest BCUT2D eigenvalue weighted by atomic mass is 35.5. The van der Waals surface area contributed by atoms with Crippen LogP contribution in [0.25, 0.3) is 0 Å². The van der Waals surface area contributed by atoms with Crippen LogP contribution in [0.1, 0.15) is 27.1 Å². The second-order valence-electron chi connectivity index (χ2n) is 6.74. The average molecular weight is 495 g/mol. The number of nitro groups is 1. The molecule has 0 fully saturated rings. The molecule has 174 valence electrons. The van der Waals surface area contributed by atoms with Crippen molar-refractivity contribution in [2.75, 3.05) is 18.8 Å². The van der Waals surface area contributed by atoms with E-state index in [0.29, 0.717) is 17.3 Å². The minimum atomic E-state index is -1.00. The van der Waals surface area contributed by atoms with Crippen LogP contribution < -0.4 is 25.6 Å². The third kappa shape index (κ3) is 6.05. The Morgan fingerprint density at radius 3 is 2.52 bits per heavy atom. The van der Waals surface area contributed by atoms with Crippen LogP contribution in [0.3, 0.4) is 0 Å². The van der Waals surface area contributed by atoms with Gasteiger partial charge in [0.2, 0.25) is 6.79 Å². The van der Waals surface area contributed by atoms with Crippen molar-refractivity contribution < 1.29 is 28.8 Å². The van der Waals surface area contributed by atoms with Gasteiger partial charge in [-0.05, 0) is 48.8 Å². The molecule has 0 unspecified atom stereocenters. The van der Waals surface area contributed by atoms with Crippen LogP contribution in [0.2, 0.25) is 5.02 Å². The Bertz CT molecular complexity index is 1100. The lowest BCUT2D eigenvalue weighted by atomic mass is 10.1.